The molecule has 2 heterocycles. The number of hydrogen-bond donors (Lipinski definition) is 1. The van der Waals surface area contributed by atoms with Gasteiger partial charge in [0.2, 0.25) is 10.0 Å². The van der Waals surface area contributed by atoms with Gasteiger partial charge in [-0.05, 0) is 87.6 Å². The number of halogens is 1. The monoisotopic (exact) mass is 488 g/mol. The van der Waals surface area contributed by atoms with Gasteiger partial charge in [-0.3, -0.25) is 4.79 Å². The highest BCUT2D eigenvalue weighted by Crippen LogP contribution is 2.38. The van der Waals surface area contributed by atoms with E-state index in [9.17, 15) is 22.7 Å². The number of carbonyl (C=O) groups is 1. The first kappa shape index (κ1) is 24.2. The third-order valence-electron chi connectivity index (χ3n) is 6.32. The van der Waals surface area contributed by atoms with Gasteiger partial charge in [-0.2, -0.15) is 4.31 Å². The molecule has 1 fully saturated rings. The fraction of sp³-hybridized carbons (Fsp3) is 0.400. The molecule has 0 saturated carbocycles. The molecule has 9 heteroatoms. The molecule has 1 saturated heterocycles. The number of carboxylic acids is 1. The van der Waals surface area contributed by atoms with Gasteiger partial charge < -0.3 is 14.4 Å². The Morgan fingerprint density at radius 2 is 1.79 bits per heavy atom. The van der Waals surface area contributed by atoms with Crippen molar-refractivity contribution in [2.24, 2.45) is 0 Å². The molecule has 1 N–H and O–H groups in total. The fourth-order valence-electron chi connectivity index (χ4n) is 4.83. The summed E-state index contributed by atoms with van der Waals surface area (Å²) >= 11 is 0. The number of nitrogens with zero attached hydrogens (tertiary/aromatic N) is 2. The van der Waals surface area contributed by atoms with Gasteiger partial charge in [0.25, 0.3) is 0 Å². The second-order valence-corrected chi connectivity index (χ2v) is 10.9. The number of fused-ring (bicyclic) bond motifs is 1. The molecule has 0 amide bonds. The number of ether oxygens (including phenoxy) is 1. The van der Waals surface area contributed by atoms with Crippen LogP contribution in [0.25, 0.3) is 10.9 Å². The van der Waals surface area contributed by atoms with Crippen molar-refractivity contribution in [3.05, 3.63) is 59.5 Å². The van der Waals surface area contributed by atoms with Crippen molar-refractivity contribution in [3.8, 4) is 5.75 Å². The molecule has 0 aliphatic carbocycles. The summed E-state index contributed by atoms with van der Waals surface area (Å²) in [5, 5.41) is 10.0. The highest BCUT2D eigenvalue weighted by molar-refractivity contribution is 7.89. The molecule has 0 spiro atoms. The lowest BCUT2D eigenvalue weighted by Gasteiger charge is -2.31. The second kappa shape index (κ2) is 9.38. The van der Waals surface area contributed by atoms with Gasteiger partial charge in [-0.15, -0.1) is 0 Å². The molecule has 1 aliphatic rings. The van der Waals surface area contributed by atoms with Crippen LogP contribution in [0.15, 0.2) is 47.4 Å². The van der Waals surface area contributed by atoms with Crippen molar-refractivity contribution >= 4 is 26.9 Å². The molecular weight excluding hydrogens is 459 g/mol. The molecule has 2 aromatic carbocycles. The Kier molecular flexibility index (Phi) is 6.69. The highest BCUT2D eigenvalue weighted by atomic mass is 32.2. The van der Waals surface area contributed by atoms with Crippen LogP contribution >= 0.6 is 0 Å². The Balaban J connectivity index is 1.56. The molecule has 3 aromatic rings. The normalized spacial score (nSPS) is 15.8. The summed E-state index contributed by atoms with van der Waals surface area (Å²) in [6, 6.07) is 10.8. The molecule has 0 atom stereocenters. The maximum Gasteiger partial charge on any atom is 0.323 e. The van der Waals surface area contributed by atoms with Crippen molar-refractivity contribution in [3.63, 3.8) is 0 Å². The lowest BCUT2D eigenvalue weighted by molar-refractivity contribution is -0.137. The largest absolute Gasteiger partial charge is 0.491 e. The topological polar surface area (TPSA) is 88.8 Å². The Morgan fingerprint density at radius 1 is 1.15 bits per heavy atom. The number of hydrogen-bond acceptors (Lipinski definition) is 4. The lowest BCUT2D eigenvalue weighted by atomic mass is 9.88. The molecular formula is C25H29FN2O5S. The van der Waals surface area contributed by atoms with Gasteiger partial charge in [0, 0.05) is 29.7 Å². The first-order chi connectivity index (χ1) is 16.1. The highest BCUT2D eigenvalue weighted by Gasteiger charge is 2.32. The van der Waals surface area contributed by atoms with Crippen molar-refractivity contribution < 1.29 is 27.4 Å². The Labute approximate surface area is 198 Å². The average molecular weight is 489 g/mol. The van der Waals surface area contributed by atoms with Crippen LogP contribution in [0.1, 0.15) is 43.9 Å². The average Bonchev–Trinajstić information content (AvgIpc) is 3.04. The van der Waals surface area contributed by atoms with E-state index in [1.165, 1.54) is 16.4 Å². The van der Waals surface area contributed by atoms with E-state index in [4.69, 9.17) is 4.74 Å². The molecule has 1 aromatic heterocycles. The molecule has 7 nitrogen and oxygen atoms in total. The predicted molar refractivity (Wildman–Crippen MR) is 127 cm³/mol. The van der Waals surface area contributed by atoms with E-state index in [0.29, 0.717) is 42.6 Å². The van der Waals surface area contributed by atoms with Crippen molar-refractivity contribution in [1.82, 2.24) is 8.87 Å². The molecule has 182 valence electrons. The second-order valence-electron chi connectivity index (χ2n) is 8.96. The summed E-state index contributed by atoms with van der Waals surface area (Å²) in [6.07, 6.45) is 1.13. The van der Waals surface area contributed by atoms with Crippen molar-refractivity contribution in [2.75, 3.05) is 13.1 Å². The van der Waals surface area contributed by atoms with Gasteiger partial charge in [0.05, 0.1) is 11.0 Å². The zero-order valence-electron chi connectivity index (χ0n) is 19.5. The van der Waals surface area contributed by atoms with Crippen LogP contribution in [0, 0.1) is 12.7 Å². The van der Waals surface area contributed by atoms with Crippen LogP contribution in [0.5, 0.6) is 5.75 Å². The molecule has 34 heavy (non-hydrogen) atoms. The quantitative estimate of drug-likeness (QED) is 0.528. The number of sulfonamides is 1. The summed E-state index contributed by atoms with van der Waals surface area (Å²) in [5.74, 6) is -0.728. The van der Waals surface area contributed by atoms with Gasteiger partial charge in [-0.25, -0.2) is 12.8 Å². The molecule has 4 rings (SSSR count). The van der Waals surface area contributed by atoms with Gasteiger partial charge >= 0.3 is 5.97 Å². The number of piperidine rings is 1. The Morgan fingerprint density at radius 3 is 2.38 bits per heavy atom. The van der Waals surface area contributed by atoms with E-state index in [2.05, 4.69) is 0 Å². The number of carboxylic acid groups (broad SMARTS) is 1. The van der Waals surface area contributed by atoms with Crippen LogP contribution in [-0.2, 0) is 21.4 Å². The molecule has 0 unspecified atom stereocenters. The first-order valence-corrected chi connectivity index (χ1v) is 12.8. The van der Waals surface area contributed by atoms with Crippen LogP contribution in [0.2, 0.25) is 0 Å². The van der Waals surface area contributed by atoms with E-state index in [0.717, 1.165) is 11.3 Å². The van der Waals surface area contributed by atoms with Gasteiger partial charge in [0.15, 0.2) is 0 Å². The number of rotatable bonds is 7. The summed E-state index contributed by atoms with van der Waals surface area (Å²) in [5.41, 5.74) is 2.36. The zero-order valence-corrected chi connectivity index (χ0v) is 20.3. The standard InChI is InChI=1S/C25H29FN2O5S/c1-16(2)33-20-5-7-21(8-6-20)34(31,32)27-12-10-18(11-13-27)25-17(3)28(15-24(29)30)23-9-4-19(26)14-22(23)25/h4-9,14,16,18H,10-13,15H2,1-3H3,(H,29,30). The molecule has 0 radical (unpaired) electrons. The summed E-state index contributed by atoms with van der Waals surface area (Å²) in [6.45, 7) is 6.11. The number of aromatic nitrogens is 1. The van der Waals surface area contributed by atoms with Gasteiger partial charge in [0.1, 0.15) is 18.1 Å². The van der Waals surface area contributed by atoms with E-state index >= 15 is 0 Å². The Hall–Kier alpha value is -2.91. The Bertz CT molecular complexity index is 1310. The van der Waals surface area contributed by atoms with Crippen LogP contribution in [0.4, 0.5) is 4.39 Å². The SMILES string of the molecule is Cc1c(C2CCN(S(=O)(=O)c3ccc(OC(C)C)cc3)CC2)c2cc(F)ccc2n1CC(=O)O. The maximum atomic E-state index is 14.1. The van der Waals surface area contributed by atoms with Crippen molar-refractivity contribution in [2.45, 2.75) is 57.1 Å². The summed E-state index contributed by atoms with van der Waals surface area (Å²) in [7, 11) is -3.65. The summed E-state index contributed by atoms with van der Waals surface area (Å²) < 4.78 is 49.2. The minimum absolute atomic E-state index is 0.000128. The van der Waals surface area contributed by atoms with Crippen LogP contribution < -0.4 is 4.74 Å². The first-order valence-electron chi connectivity index (χ1n) is 11.3. The fourth-order valence-corrected chi connectivity index (χ4v) is 6.30. The third kappa shape index (κ3) is 4.67. The lowest BCUT2D eigenvalue weighted by Crippen LogP contribution is -2.38. The molecule has 0 bridgehead atoms. The minimum Gasteiger partial charge on any atom is -0.491 e. The smallest absolute Gasteiger partial charge is 0.323 e. The predicted octanol–water partition coefficient (Wildman–Crippen LogP) is 4.53. The van der Waals surface area contributed by atoms with Crippen LogP contribution in [0.3, 0.4) is 0 Å². The number of aliphatic carboxylic acids is 1. The van der Waals surface area contributed by atoms with Gasteiger partial charge in [-0.1, -0.05) is 0 Å². The van der Waals surface area contributed by atoms with E-state index < -0.39 is 16.0 Å². The summed E-state index contributed by atoms with van der Waals surface area (Å²) in [4.78, 5) is 11.6. The minimum atomic E-state index is -3.65. The third-order valence-corrected chi connectivity index (χ3v) is 8.24. The van der Waals surface area contributed by atoms with E-state index in [1.807, 2.05) is 20.8 Å². The van der Waals surface area contributed by atoms with Crippen LogP contribution in [-0.4, -0.2) is 47.6 Å². The zero-order chi connectivity index (χ0) is 24.6. The van der Waals surface area contributed by atoms with Crippen molar-refractivity contribution in [1.29, 1.82) is 0 Å². The van der Waals surface area contributed by atoms with E-state index in [-0.39, 0.29) is 29.3 Å². The maximum absolute atomic E-state index is 14.1. The van der Waals surface area contributed by atoms with E-state index in [1.54, 1.807) is 34.9 Å². The molecule has 1 aliphatic heterocycles. The number of benzene rings is 2.